The first-order valence-corrected chi connectivity index (χ1v) is 12.6. The highest BCUT2D eigenvalue weighted by Gasteiger charge is 2.35. The van der Waals surface area contributed by atoms with Crippen molar-refractivity contribution in [3.8, 4) is 11.5 Å². The second-order valence-corrected chi connectivity index (χ2v) is 10.7. The molecule has 9 heteroatoms. The van der Waals surface area contributed by atoms with Gasteiger partial charge in [0.25, 0.3) is 5.91 Å². The molecule has 0 bridgehead atoms. The van der Waals surface area contributed by atoms with Crippen molar-refractivity contribution in [2.45, 2.75) is 45.8 Å². The van der Waals surface area contributed by atoms with E-state index in [0.717, 1.165) is 33.0 Å². The zero-order chi connectivity index (χ0) is 23.8. The van der Waals surface area contributed by atoms with Crippen molar-refractivity contribution in [2.24, 2.45) is 0 Å². The number of methoxy groups -OCH3 is 1. The number of benzene rings is 2. The third kappa shape index (κ3) is 4.96. The van der Waals surface area contributed by atoms with E-state index in [1.54, 1.807) is 19.2 Å². The molecule has 0 saturated heterocycles. The lowest BCUT2D eigenvalue weighted by Gasteiger charge is -2.34. The number of aryl methyl sites for hydroxylation is 1. The van der Waals surface area contributed by atoms with E-state index >= 15 is 0 Å². The Bertz CT molecular complexity index is 1130. The highest BCUT2D eigenvalue weighted by molar-refractivity contribution is 7.92. The number of carbonyl (C=O) groups is 1. The molecule has 3 rings (SSSR count). The number of nitrogens with one attached hydrogen (secondary N) is 1. The Morgan fingerprint density at radius 3 is 2.50 bits per heavy atom. The Kier molecular flexibility index (Phi) is 6.95. The number of halogens is 1. The molecular formula is C23H29ClN2O5S. The van der Waals surface area contributed by atoms with Crippen LogP contribution in [0.15, 0.2) is 30.3 Å². The number of rotatable bonds is 6. The number of hydrogen-bond donors (Lipinski definition) is 1. The monoisotopic (exact) mass is 480 g/mol. The van der Waals surface area contributed by atoms with Gasteiger partial charge in [0.05, 0.1) is 31.6 Å². The first kappa shape index (κ1) is 24.2. The maximum absolute atomic E-state index is 13.1. The van der Waals surface area contributed by atoms with Gasteiger partial charge in [0, 0.05) is 5.02 Å². The molecule has 1 aliphatic heterocycles. The summed E-state index contributed by atoms with van der Waals surface area (Å²) in [5.41, 5.74) is 3.33. The van der Waals surface area contributed by atoms with Gasteiger partial charge in [-0.25, -0.2) is 8.42 Å². The van der Waals surface area contributed by atoms with E-state index in [1.807, 2.05) is 26.0 Å². The number of amides is 1. The SMILES string of the molecule is COc1cc(C)c([C@H](C)NC(=O)[C@@H]2CN(S(C)(=O)=O)c3cc(Cl)ccc3O2)cc1C(C)C. The highest BCUT2D eigenvalue weighted by atomic mass is 35.5. The van der Waals surface area contributed by atoms with E-state index < -0.39 is 22.0 Å². The molecule has 32 heavy (non-hydrogen) atoms. The number of hydrogen-bond acceptors (Lipinski definition) is 5. The van der Waals surface area contributed by atoms with Crippen LogP contribution >= 0.6 is 11.6 Å². The largest absolute Gasteiger partial charge is 0.496 e. The fraction of sp³-hybridized carbons (Fsp3) is 0.435. The molecule has 1 heterocycles. The minimum absolute atomic E-state index is 0.135. The molecule has 174 valence electrons. The van der Waals surface area contributed by atoms with Crippen molar-refractivity contribution < 1.29 is 22.7 Å². The fourth-order valence-corrected chi connectivity index (χ4v) is 4.94. The molecular weight excluding hydrogens is 452 g/mol. The second kappa shape index (κ2) is 9.19. The Balaban J connectivity index is 1.86. The van der Waals surface area contributed by atoms with Crippen molar-refractivity contribution in [1.29, 1.82) is 0 Å². The molecule has 0 radical (unpaired) electrons. The van der Waals surface area contributed by atoms with Crippen LogP contribution in [0.5, 0.6) is 11.5 Å². The number of ether oxygens (including phenoxy) is 2. The van der Waals surface area contributed by atoms with Gasteiger partial charge in [-0.1, -0.05) is 25.4 Å². The van der Waals surface area contributed by atoms with Gasteiger partial charge in [-0.15, -0.1) is 0 Å². The van der Waals surface area contributed by atoms with Gasteiger partial charge in [-0.05, 0) is 66.8 Å². The second-order valence-electron chi connectivity index (χ2n) is 8.35. The summed E-state index contributed by atoms with van der Waals surface area (Å²) in [7, 11) is -1.99. The first-order chi connectivity index (χ1) is 14.9. The van der Waals surface area contributed by atoms with Crippen molar-refractivity contribution in [2.75, 3.05) is 24.2 Å². The predicted octanol–water partition coefficient (Wildman–Crippen LogP) is 4.18. The number of sulfonamides is 1. The van der Waals surface area contributed by atoms with Crippen LogP contribution in [0, 0.1) is 6.92 Å². The number of anilines is 1. The smallest absolute Gasteiger partial charge is 0.263 e. The summed E-state index contributed by atoms with van der Waals surface area (Å²) in [6.07, 6.45) is 0.0957. The number of carbonyl (C=O) groups excluding carboxylic acids is 1. The minimum atomic E-state index is -3.63. The standard InChI is InChI=1S/C23H29ClN2O5S/c1-13(2)17-11-18(14(3)9-21(17)30-5)15(4)25-23(27)22-12-26(32(6,28)29)19-10-16(24)7-8-20(19)31-22/h7-11,13,15,22H,12H2,1-6H3,(H,25,27)/t15-,22-/m0/s1. The molecule has 1 amide bonds. The van der Waals surface area contributed by atoms with Gasteiger partial charge < -0.3 is 14.8 Å². The average Bonchev–Trinajstić information content (AvgIpc) is 2.71. The van der Waals surface area contributed by atoms with E-state index in [9.17, 15) is 13.2 Å². The van der Waals surface area contributed by atoms with E-state index in [4.69, 9.17) is 21.1 Å². The van der Waals surface area contributed by atoms with Crippen LogP contribution in [0.4, 0.5) is 5.69 Å². The van der Waals surface area contributed by atoms with Crippen LogP contribution < -0.4 is 19.1 Å². The molecule has 0 unspecified atom stereocenters. The van der Waals surface area contributed by atoms with E-state index in [0.29, 0.717) is 16.5 Å². The summed E-state index contributed by atoms with van der Waals surface area (Å²) in [6.45, 7) is 7.89. The van der Waals surface area contributed by atoms with Crippen LogP contribution in [-0.4, -0.2) is 40.3 Å². The van der Waals surface area contributed by atoms with Crippen molar-refractivity contribution in [3.63, 3.8) is 0 Å². The lowest BCUT2D eigenvalue weighted by Crippen LogP contribution is -2.50. The van der Waals surface area contributed by atoms with Gasteiger partial charge in [0.1, 0.15) is 11.5 Å². The third-order valence-corrected chi connectivity index (χ3v) is 6.93. The van der Waals surface area contributed by atoms with Gasteiger partial charge in [0.15, 0.2) is 6.10 Å². The highest BCUT2D eigenvalue weighted by Crippen LogP contribution is 2.37. The Morgan fingerprint density at radius 2 is 1.91 bits per heavy atom. The van der Waals surface area contributed by atoms with Crippen molar-refractivity contribution in [3.05, 3.63) is 52.0 Å². The summed E-state index contributed by atoms with van der Waals surface area (Å²) < 4.78 is 37.2. The van der Waals surface area contributed by atoms with Crippen molar-refractivity contribution in [1.82, 2.24) is 5.32 Å². The zero-order valence-corrected chi connectivity index (χ0v) is 20.7. The molecule has 2 aromatic carbocycles. The molecule has 0 spiro atoms. The van der Waals surface area contributed by atoms with Gasteiger partial charge >= 0.3 is 0 Å². The summed E-state index contributed by atoms with van der Waals surface area (Å²) in [6, 6.07) is 8.39. The zero-order valence-electron chi connectivity index (χ0n) is 19.1. The molecule has 0 aliphatic carbocycles. The van der Waals surface area contributed by atoms with Crippen LogP contribution in [0.1, 0.15) is 49.4 Å². The summed E-state index contributed by atoms with van der Waals surface area (Å²) in [5, 5.41) is 3.36. The average molecular weight is 481 g/mol. The Morgan fingerprint density at radius 1 is 1.22 bits per heavy atom. The van der Waals surface area contributed by atoms with Crippen LogP contribution in [0.2, 0.25) is 5.02 Å². The Labute approximate surface area is 194 Å². The summed E-state index contributed by atoms with van der Waals surface area (Å²) in [5.74, 6) is 0.963. The minimum Gasteiger partial charge on any atom is -0.496 e. The van der Waals surface area contributed by atoms with Gasteiger partial charge in [-0.3, -0.25) is 9.10 Å². The lowest BCUT2D eigenvalue weighted by molar-refractivity contribution is -0.128. The van der Waals surface area contributed by atoms with Crippen LogP contribution in [0.3, 0.4) is 0 Å². The maximum Gasteiger partial charge on any atom is 0.263 e. The predicted molar refractivity (Wildman–Crippen MR) is 126 cm³/mol. The molecule has 1 N–H and O–H groups in total. The van der Waals surface area contributed by atoms with E-state index in [2.05, 4.69) is 19.2 Å². The molecule has 1 aliphatic rings. The fourth-order valence-electron chi connectivity index (χ4n) is 3.87. The summed E-state index contributed by atoms with van der Waals surface area (Å²) in [4.78, 5) is 13.1. The van der Waals surface area contributed by atoms with Crippen molar-refractivity contribution >= 4 is 33.2 Å². The Hall–Kier alpha value is -2.45. The molecule has 0 saturated carbocycles. The quantitative estimate of drug-likeness (QED) is 0.670. The number of nitrogens with zero attached hydrogens (tertiary/aromatic N) is 1. The van der Waals surface area contributed by atoms with E-state index in [1.165, 1.54) is 6.07 Å². The normalized spacial score (nSPS) is 16.9. The first-order valence-electron chi connectivity index (χ1n) is 10.3. The van der Waals surface area contributed by atoms with Gasteiger partial charge in [0.2, 0.25) is 10.0 Å². The van der Waals surface area contributed by atoms with Gasteiger partial charge in [-0.2, -0.15) is 0 Å². The molecule has 2 aromatic rings. The molecule has 2 atom stereocenters. The number of fused-ring (bicyclic) bond motifs is 1. The molecule has 0 fully saturated rings. The van der Waals surface area contributed by atoms with Crippen LogP contribution in [0.25, 0.3) is 0 Å². The van der Waals surface area contributed by atoms with Crippen LogP contribution in [-0.2, 0) is 14.8 Å². The third-order valence-electron chi connectivity index (χ3n) is 5.55. The van der Waals surface area contributed by atoms with E-state index in [-0.39, 0.29) is 18.5 Å². The maximum atomic E-state index is 13.1. The molecule has 7 nitrogen and oxygen atoms in total. The topological polar surface area (TPSA) is 84.9 Å². The summed E-state index contributed by atoms with van der Waals surface area (Å²) >= 11 is 6.03. The lowest BCUT2D eigenvalue weighted by atomic mass is 9.93. The molecule has 0 aromatic heterocycles.